The van der Waals surface area contributed by atoms with E-state index in [4.69, 9.17) is 4.74 Å². The molecule has 2 heterocycles. The molecule has 2 saturated heterocycles. The Hall–Kier alpha value is -0.540. The van der Waals surface area contributed by atoms with Crippen molar-refractivity contribution in [1.29, 1.82) is 0 Å². The lowest BCUT2D eigenvalue weighted by Crippen LogP contribution is -2.51. The van der Waals surface area contributed by atoms with Gasteiger partial charge in [0.2, 0.25) is 0 Å². The summed E-state index contributed by atoms with van der Waals surface area (Å²) in [7, 11) is 0. The van der Waals surface area contributed by atoms with Gasteiger partial charge >= 0.3 is 0 Å². The van der Waals surface area contributed by atoms with Crippen LogP contribution in [-0.2, 0) is 0 Å². The van der Waals surface area contributed by atoms with E-state index >= 15 is 0 Å². The van der Waals surface area contributed by atoms with Crippen LogP contribution in [0.15, 0.2) is 22.7 Å². The van der Waals surface area contributed by atoms with Crippen LogP contribution in [-0.4, -0.2) is 18.2 Å². The predicted molar refractivity (Wildman–Crippen MR) is 77.1 cm³/mol. The van der Waals surface area contributed by atoms with Crippen LogP contribution in [0.1, 0.15) is 37.7 Å². The van der Waals surface area contributed by atoms with Gasteiger partial charge in [0.1, 0.15) is 11.9 Å². The van der Waals surface area contributed by atoms with Crippen molar-refractivity contribution >= 4 is 15.9 Å². The molecule has 0 radical (unpaired) electrons. The molecule has 3 atom stereocenters. The Labute approximate surface area is 117 Å². The van der Waals surface area contributed by atoms with Crippen molar-refractivity contribution in [2.24, 2.45) is 0 Å². The van der Waals surface area contributed by atoms with Crippen LogP contribution in [0.5, 0.6) is 5.75 Å². The summed E-state index contributed by atoms with van der Waals surface area (Å²) in [6.45, 7) is 2.11. The molecule has 0 aromatic heterocycles. The van der Waals surface area contributed by atoms with Gasteiger partial charge in [-0.1, -0.05) is 28.4 Å². The first-order valence-electron chi connectivity index (χ1n) is 6.90. The molecule has 0 unspecified atom stereocenters. The number of fused-ring (bicyclic) bond motifs is 2. The Morgan fingerprint density at radius 1 is 1.22 bits per heavy atom. The van der Waals surface area contributed by atoms with Crippen molar-refractivity contribution in [2.75, 3.05) is 0 Å². The van der Waals surface area contributed by atoms with Crippen molar-refractivity contribution < 1.29 is 4.74 Å². The minimum atomic E-state index is 0.384. The molecular formula is C15H20BrNO. The largest absolute Gasteiger partial charge is 0.490 e. The number of piperidine rings is 2. The maximum Gasteiger partial charge on any atom is 0.123 e. The third-order valence-corrected chi connectivity index (χ3v) is 5.04. The SMILES string of the molecule is Cc1c(Br)cccc1O[C@H]1C[C@H]2CCC[C@@H](C1)N2. The molecule has 2 aliphatic heterocycles. The second-order valence-electron chi connectivity index (χ2n) is 5.57. The molecule has 98 valence electrons. The van der Waals surface area contributed by atoms with Gasteiger partial charge in [0, 0.05) is 22.1 Å². The topological polar surface area (TPSA) is 21.3 Å². The summed E-state index contributed by atoms with van der Waals surface area (Å²) in [6.07, 6.45) is 6.70. The molecule has 2 fully saturated rings. The highest BCUT2D eigenvalue weighted by molar-refractivity contribution is 9.10. The van der Waals surface area contributed by atoms with E-state index in [-0.39, 0.29) is 0 Å². The molecule has 0 saturated carbocycles. The van der Waals surface area contributed by atoms with Crippen molar-refractivity contribution in [3.63, 3.8) is 0 Å². The van der Waals surface area contributed by atoms with Crippen LogP contribution in [0.4, 0.5) is 0 Å². The fourth-order valence-corrected chi connectivity index (χ4v) is 3.55. The molecule has 3 rings (SSSR count). The van der Waals surface area contributed by atoms with Gasteiger partial charge in [-0.2, -0.15) is 0 Å². The second-order valence-corrected chi connectivity index (χ2v) is 6.42. The third kappa shape index (κ3) is 2.57. The first kappa shape index (κ1) is 12.5. The van der Waals surface area contributed by atoms with Crippen LogP contribution in [0.25, 0.3) is 0 Å². The van der Waals surface area contributed by atoms with Gasteiger partial charge in [-0.05, 0) is 44.7 Å². The van der Waals surface area contributed by atoms with Gasteiger partial charge in [0.15, 0.2) is 0 Å². The summed E-state index contributed by atoms with van der Waals surface area (Å²) in [4.78, 5) is 0. The molecule has 0 spiro atoms. The highest BCUT2D eigenvalue weighted by atomic mass is 79.9. The van der Waals surface area contributed by atoms with Crippen molar-refractivity contribution in [1.82, 2.24) is 5.32 Å². The van der Waals surface area contributed by atoms with E-state index in [1.807, 2.05) is 6.07 Å². The summed E-state index contributed by atoms with van der Waals surface area (Å²) in [5.41, 5.74) is 1.21. The normalized spacial score (nSPS) is 31.1. The first-order valence-corrected chi connectivity index (χ1v) is 7.69. The molecule has 3 heteroatoms. The monoisotopic (exact) mass is 309 g/mol. The van der Waals surface area contributed by atoms with Gasteiger partial charge in [0.05, 0.1) is 0 Å². The van der Waals surface area contributed by atoms with Gasteiger partial charge in [-0.3, -0.25) is 0 Å². The number of halogens is 1. The molecule has 2 bridgehead atoms. The van der Waals surface area contributed by atoms with E-state index in [9.17, 15) is 0 Å². The average Bonchev–Trinajstić information content (AvgIpc) is 2.35. The minimum absolute atomic E-state index is 0.384. The van der Waals surface area contributed by atoms with Crippen molar-refractivity contribution in [2.45, 2.75) is 57.2 Å². The fraction of sp³-hybridized carbons (Fsp3) is 0.600. The van der Waals surface area contributed by atoms with Crippen LogP contribution in [0, 0.1) is 6.92 Å². The van der Waals surface area contributed by atoms with Crippen LogP contribution in [0.2, 0.25) is 0 Å². The van der Waals surface area contributed by atoms with Gasteiger partial charge in [-0.25, -0.2) is 0 Å². The van der Waals surface area contributed by atoms with Crippen molar-refractivity contribution in [3.8, 4) is 5.75 Å². The third-order valence-electron chi connectivity index (χ3n) is 4.18. The smallest absolute Gasteiger partial charge is 0.123 e. The Bertz CT molecular complexity index is 423. The van der Waals surface area contributed by atoms with E-state index in [0.717, 1.165) is 23.1 Å². The van der Waals surface area contributed by atoms with E-state index in [1.54, 1.807) is 0 Å². The maximum atomic E-state index is 6.23. The lowest BCUT2D eigenvalue weighted by molar-refractivity contribution is 0.0921. The standard InChI is InChI=1S/C15H20BrNO/c1-10-14(16)6-3-7-15(10)18-13-8-11-4-2-5-12(9-13)17-11/h3,6-7,11-13,17H,2,4-5,8-9H2,1H3/t11-,12+,13+. The van der Waals surface area contributed by atoms with Crippen LogP contribution >= 0.6 is 15.9 Å². The zero-order chi connectivity index (χ0) is 12.5. The molecule has 18 heavy (non-hydrogen) atoms. The molecule has 1 aromatic carbocycles. The maximum absolute atomic E-state index is 6.23. The number of hydrogen-bond donors (Lipinski definition) is 1. The Balaban J connectivity index is 1.71. The Morgan fingerprint density at radius 2 is 1.94 bits per heavy atom. The first-order chi connectivity index (χ1) is 8.72. The molecular weight excluding hydrogens is 290 g/mol. The number of nitrogens with one attached hydrogen (secondary N) is 1. The highest BCUT2D eigenvalue weighted by Crippen LogP contribution is 2.31. The van der Waals surface area contributed by atoms with E-state index in [2.05, 4.69) is 40.3 Å². The summed E-state index contributed by atoms with van der Waals surface area (Å²) < 4.78 is 7.37. The van der Waals surface area contributed by atoms with Crippen LogP contribution in [0.3, 0.4) is 0 Å². The fourth-order valence-electron chi connectivity index (χ4n) is 3.20. The zero-order valence-corrected chi connectivity index (χ0v) is 12.4. The predicted octanol–water partition coefficient (Wildman–Crippen LogP) is 3.81. The highest BCUT2D eigenvalue weighted by Gasteiger charge is 2.32. The number of benzene rings is 1. The Morgan fingerprint density at radius 3 is 2.67 bits per heavy atom. The van der Waals surface area contributed by atoms with Gasteiger partial charge in [-0.15, -0.1) is 0 Å². The number of rotatable bonds is 2. The number of ether oxygens (including phenoxy) is 1. The van der Waals surface area contributed by atoms with Gasteiger partial charge in [0.25, 0.3) is 0 Å². The lowest BCUT2D eigenvalue weighted by atomic mass is 9.85. The van der Waals surface area contributed by atoms with E-state index in [0.29, 0.717) is 18.2 Å². The van der Waals surface area contributed by atoms with Crippen molar-refractivity contribution in [3.05, 3.63) is 28.2 Å². The number of hydrogen-bond acceptors (Lipinski definition) is 2. The zero-order valence-electron chi connectivity index (χ0n) is 10.8. The summed E-state index contributed by atoms with van der Waals surface area (Å²) in [5.74, 6) is 1.04. The quantitative estimate of drug-likeness (QED) is 0.897. The van der Waals surface area contributed by atoms with E-state index < -0.39 is 0 Å². The molecule has 0 amide bonds. The molecule has 2 aliphatic rings. The average molecular weight is 310 g/mol. The molecule has 1 N–H and O–H groups in total. The summed E-state index contributed by atoms with van der Waals surface area (Å²) in [5, 5.41) is 3.71. The van der Waals surface area contributed by atoms with Gasteiger partial charge < -0.3 is 10.1 Å². The summed E-state index contributed by atoms with van der Waals surface area (Å²) in [6, 6.07) is 7.55. The molecule has 1 aromatic rings. The van der Waals surface area contributed by atoms with Crippen LogP contribution < -0.4 is 10.1 Å². The minimum Gasteiger partial charge on any atom is -0.490 e. The second kappa shape index (κ2) is 5.22. The lowest BCUT2D eigenvalue weighted by Gasteiger charge is -2.40. The Kier molecular flexibility index (Phi) is 3.62. The van der Waals surface area contributed by atoms with E-state index in [1.165, 1.54) is 24.8 Å². The summed E-state index contributed by atoms with van der Waals surface area (Å²) >= 11 is 3.57. The molecule has 2 nitrogen and oxygen atoms in total. The molecule has 0 aliphatic carbocycles.